The number of carbonyl (C=O) groups excluding carboxylic acids is 1. The molecule has 1 fully saturated rings. The van der Waals surface area contributed by atoms with Crippen LogP contribution in [-0.4, -0.2) is 11.9 Å². The SMILES string of the molecule is Cc1cccc(COC2CCC(=O)CC2)c1. The minimum atomic E-state index is 0.276. The second kappa shape index (κ2) is 5.26. The summed E-state index contributed by atoms with van der Waals surface area (Å²) in [4.78, 5) is 11.1. The standard InChI is InChI=1S/C14H18O2/c1-11-3-2-4-12(9-11)10-16-14-7-5-13(15)6-8-14/h2-4,9,14H,5-8,10H2,1H3. The van der Waals surface area contributed by atoms with Gasteiger partial charge in [-0.15, -0.1) is 0 Å². The molecule has 16 heavy (non-hydrogen) atoms. The van der Waals surface area contributed by atoms with Gasteiger partial charge in [0.05, 0.1) is 12.7 Å². The topological polar surface area (TPSA) is 26.3 Å². The van der Waals surface area contributed by atoms with Gasteiger partial charge in [-0.2, -0.15) is 0 Å². The molecule has 0 aliphatic heterocycles. The smallest absolute Gasteiger partial charge is 0.133 e. The van der Waals surface area contributed by atoms with Crippen LogP contribution in [0.15, 0.2) is 24.3 Å². The van der Waals surface area contributed by atoms with Crippen molar-refractivity contribution in [2.45, 2.75) is 45.3 Å². The Hall–Kier alpha value is -1.15. The molecule has 1 saturated carbocycles. The molecule has 1 aromatic carbocycles. The Morgan fingerprint density at radius 3 is 2.75 bits per heavy atom. The predicted molar refractivity (Wildman–Crippen MR) is 63.2 cm³/mol. The number of aryl methyl sites for hydroxylation is 1. The molecular weight excluding hydrogens is 200 g/mol. The second-order valence-electron chi connectivity index (χ2n) is 4.54. The maximum Gasteiger partial charge on any atom is 0.133 e. The molecule has 0 radical (unpaired) electrons. The van der Waals surface area contributed by atoms with E-state index in [0.29, 0.717) is 25.2 Å². The second-order valence-corrected chi connectivity index (χ2v) is 4.54. The zero-order valence-electron chi connectivity index (χ0n) is 9.74. The van der Waals surface area contributed by atoms with E-state index in [2.05, 4.69) is 31.2 Å². The highest BCUT2D eigenvalue weighted by Crippen LogP contribution is 2.19. The average molecular weight is 218 g/mol. The van der Waals surface area contributed by atoms with E-state index in [1.165, 1.54) is 11.1 Å². The fourth-order valence-electron chi connectivity index (χ4n) is 2.10. The first-order chi connectivity index (χ1) is 7.74. The van der Waals surface area contributed by atoms with E-state index >= 15 is 0 Å². The Kier molecular flexibility index (Phi) is 3.73. The maximum absolute atomic E-state index is 11.1. The molecule has 0 saturated heterocycles. The lowest BCUT2D eigenvalue weighted by Gasteiger charge is -2.21. The van der Waals surface area contributed by atoms with Gasteiger partial charge in [-0.25, -0.2) is 0 Å². The lowest BCUT2D eigenvalue weighted by molar-refractivity contribution is -0.123. The summed E-state index contributed by atoms with van der Waals surface area (Å²) in [6.45, 7) is 2.75. The van der Waals surface area contributed by atoms with Crippen LogP contribution in [0.25, 0.3) is 0 Å². The zero-order valence-corrected chi connectivity index (χ0v) is 9.74. The number of rotatable bonds is 3. The Labute approximate surface area is 96.6 Å². The first-order valence-electron chi connectivity index (χ1n) is 5.93. The number of hydrogen-bond acceptors (Lipinski definition) is 2. The van der Waals surface area contributed by atoms with Gasteiger partial charge in [0.1, 0.15) is 5.78 Å². The third kappa shape index (κ3) is 3.17. The highest BCUT2D eigenvalue weighted by molar-refractivity contribution is 5.79. The van der Waals surface area contributed by atoms with Crippen molar-refractivity contribution in [1.82, 2.24) is 0 Å². The molecule has 0 bridgehead atoms. The summed E-state index contributed by atoms with van der Waals surface area (Å²) in [7, 11) is 0. The van der Waals surface area contributed by atoms with E-state index in [0.717, 1.165) is 12.8 Å². The van der Waals surface area contributed by atoms with E-state index in [4.69, 9.17) is 4.74 Å². The third-order valence-electron chi connectivity index (χ3n) is 3.06. The minimum absolute atomic E-state index is 0.276. The maximum atomic E-state index is 11.1. The molecule has 0 amide bonds. The Bertz CT molecular complexity index is 361. The lowest BCUT2D eigenvalue weighted by Crippen LogP contribution is -2.21. The number of carbonyl (C=O) groups is 1. The molecule has 0 unspecified atom stereocenters. The molecule has 1 aliphatic carbocycles. The van der Waals surface area contributed by atoms with Crippen LogP contribution in [0.5, 0.6) is 0 Å². The molecule has 1 aliphatic rings. The van der Waals surface area contributed by atoms with Crippen LogP contribution in [0.4, 0.5) is 0 Å². The van der Waals surface area contributed by atoms with Crippen LogP contribution < -0.4 is 0 Å². The van der Waals surface area contributed by atoms with Crippen molar-refractivity contribution >= 4 is 5.78 Å². The van der Waals surface area contributed by atoms with Crippen LogP contribution in [0.2, 0.25) is 0 Å². The molecule has 0 heterocycles. The van der Waals surface area contributed by atoms with Crippen LogP contribution in [0.1, 0.15) is 36.8 Å². The van der Waals surface area contributed by atoms with Gasteiger partial charge in [-0.3, -0.25) is 4.79 Å². The fraction of sp³-hybridized carbons (Fsp3) is 0.500. The molecule has 0 atom stereocenters. The number of Topliss-reactive ketones (excluding diaryl/α,β-unsaturated/α-hetero) is 1. The van der Waals surface area contributed by atoms with Crippen molar-refractivity contribution in [3.05, 3.63) is 35.4 Å². The Morgan fingerprint density at radius 1 is 1.31 bits per heavy atom. The Morgan fingerprint density at radius 2 is 2.06 bits per heavy atom. The van der Waals surface area contributed by atoms with Crippen LogP contribution in [-0.2, 0) is 16.1 Å². The van der Waals surface area contributed by atoms with Gasteiger partial charge in [0.25, 0.3) is 0 Å². The molecule has 2 nitrogen and oxygen atoms in total. The van der Waals surface area contributed by atoms with E-state index in [9.17, 15) is 4.79 Å². The number of ketones is 1. The summed E-state index contributed by atoms with van der Waals surface area (Å²) in [6.07, 6.45) is 3.45. The zero-order chi connectivity index (χ0) is 11.4. The molecule has 86 valence electrons. The van der Waals surface area contributed by atoms with E-state index in [-0.39, 0.29) is 6.10 Å². The van der Waals surface area contributed by atoms with Crippen LogP contribution in [0, 0.1) is 6.92 Å². The summed E-state index contributed by atoms with van der Waals surface area (Å²) < 4.78 is 5.82. The number of ether oxygens (including phenoxy) is 1. The molecule has 0 N–H and O–H groups in total. The fourth-order valence-corrected chi connectivity index (χ4v) is 2.10. The third-order valence-corrected chi connectivity index (χ3v) is 3.06. The average Bonchev–Trinajstić information content (AvgIpc) is 2.28. The van der Waals surface area contributed by atoms with E-state index in [1.807, 2.05) is 0 Å². The lowest BCUT2D eigenvalue weighted by atomic mass is 9.96. The van der Waals surface area contributed by atoms with Crippen LogP contribution in [0.3, 0.4) is 0 Å². The number of hydrogen-bond donors (Lipinski definition) is 0. The summed E-state index contributed by atoms with van der Waals surface area (Å²) in [5, 5.41) is 0. The van der Waals surface area contributed by atoms with Gasteiger partial charge in [0, 0.05) is 12.8 Å². The normalized spacial score (nSPS) is 17.7. The predicted octanol–water partition coefficient (Wildman–Crippen LogP) is 3.02. The summed E-state index contributed by atoms with van der Waals surface area (Å²) in [6, 6.07) is 8.37. The van der Waals surface area contributed by atoms with Gasteiger partial charge in [-0.1, -0.05) is 29.8 Å². The van der Waals surface area contributed by atoms with Crippen molar-refractivity contribution in [3.63, 3.8) is 0 Å². The van der Waals surface area contributed by atoms with E-state index < -0.39 is 0 Å². The Balaban J connectivity index is 1.81. The van der Waals surface area contributed by atoms with Crippen molar-refractivity contribution in [2.75, 3.05) is 0 Å². The first kappa shape index (κ1) is 11.3. The molecule has 0 spiro atoms. The highest BCUT2D eigenvalue weighted by atomic mass is 16.5. The minimum Gasteiger partial charge on any atom is -0.374 e. The van der Waals surface area contributed by atoms with E-state index in [1.54, 1.807) is 0 Å². The number of benzene rings is 1. The van der Waals surface area contributed by atoms with Crippen molar-refractivity contribution in [3.8, 4) is 0 Å². The van der Waals surface area contributed by atoms with Crippen molar-refractivity contribution < 1.29 is 9.53 Å². The quantitative estimate of drug-likeness (QED) is 0.779. The van der Waals surface area contributed by atoms with Crippen molar-refractivity contribution in [2.24, 2.45) is 0 Å². The van der Waals surface area contributed by atoms with Gasteiger partial charge < -0.3 is 4.74 Å². The molecule has 2 rings (SSSR count). The summed E-state index contributed by atoms with van der Waals surface area (Å²) in [5.74, 6) is 0.385. The molecule has 1 aromatic rings. The summed E-state index contributed by atoms with van der Waals surface area (Å²) in [5.41, 5.74) is 2.48. The summed E-state index contributed by atoms with van der Waals surface area (Å²) >= 11 is 0. The monoisotopic (exact) mass is 218 g/mol. The van der Waals surface area contributed by atoms with Crippen LogP contribution >= 0.6 is 0 Å². The molecular formula is C14H18O2. The van der Waals surface area contributed by atoms with Gasteiger partial charge in [-0.05, 0) is 25.3 Å². The van der Waals surface area contributed by atoms with Gasteiger partial charge in [0.2, 0.25) is 0 Å². The molecule has 0 aromatic heterocycles. The highest BCUT2D eigenvalue weighted by Gasteiger charge is 2.18. The first-order valence-corrected chi connectivity index (χ1v) is 5.93. The largest absolute Gasteiger partial charge is 0.374 e. The molecule has 2 heteroatoms. The van der Waals surface area contributed by atoms with Crippen molar-refractivity contribution in [1.29, 1.82) is 0 Å². The van der Waals surface area contributed by atoms with Gasteiger partial charge >= 0.3 is 0 Å². The van der Waals surface area contributed by atoms with Gasteiger partial charge in [0.15, 0.2) is 0 Å².